The average molecular weight is 363 g/mol. The lowest BCUT2D eigenvalue weighted by Gasteiger charge is -2.33. The minimum absolute atomic E-state index is 0.0803. The summed E-state index contributed by atoms with van der Waals surface area (Å²) in [4.78, 5) is 12.8. The van der Waals surface area contributed by atoms with Gasteiger partial charge in [0.15, 0.2) is 0 Å². The second kappa shape index (κ2) is 7.18. The summed E-state index contributed by atoms with van der Waals surface area (Å²) in [6, 6.07) is 15.1. The molecule has 1 saturated carbocycles. The number of amides is 1. The van der Waals surface area contributed by atoms with Crippen LogP contribution >= 0.6 is 0 Å². The predicted molar refractivity (Wildman–Crippen MR) is 103 cm³/mol. The van der Waals surface area contributed by atoms with Gasteiger partial charge in [-0.1, -0.05) is 30.3 Å². The zero-order valence-corrected chi connectivity index (χ0v) is 15.7. The van der Waals surface area contributed by atoms with Crippen molar-refractivity contribution in [2.75, 3.05) is 0 Å². The minimum atomic E-state index is -0.0803. The van der Waals surface area contributed by atoms with Crippen molar-refractivity contribution in [1.29, 1.82) is 5.26 Å². The first kappa shape index (κ1) is 17.8. The summed E-state index contributed by atoms with van der Waals surface area (Å²) in [5, 5.41) is 12.4. The van der Waals surface area contributed by atoms with Crippen molar-refractivity contribution in [2.45, 2.75) is 44.3 Å². The number of rotatable bonds is 3. The quantitative estimate of drug-likeness (QED) is 0.782. The van der Waals surface area contributed by atoms with Crippen LogP contribution in [0.4, 0.5) is 0 Å². The largest absolute Gasteiger partial charge is 0.349 e. The normalized spacial score (nSPS) is 27.0. The van der Waals surface area contributed by atoms with Gasteiger partial charge in [-0.2, -0.15) is 5.26 Å². The molecular weight excluding hydrogens is 338 g/mol. The summed E-state index contributed by atoms with van der Waals surface area (Å²) in [5.41, 5.74) is 10.1. The molecule has 4 unspecified atom stereocenters. The molecule has 2 aliphatic rings. The van der Waals surface area contributed by atoms with E-state index in [2.05, 4.69) is 46.5 Å². The fourth-order valence-corrected chi connectivity index (χ4v) is 4.48. The van der Waals surface area contributed by atoms with Gasteiger partial charge in [-0.15, -0.1) is 0 Å². The predicted octanol–water partition coefficient (Wildman–Crippen LogP) is 2.32. The summed E-state index contributed by atoms with van der Waals surface area (Å²) >= 11 is 0. The SMILES string of the molecule is Cc1c(C(=O)NC2CCC3NNC(c4ccccc4)C3C2)cc(C#N)n1C. The number of benzene rings is 1. The Morgan fingerprint density at radius 1 is 1.26 bits per heavy atom. The van der Waals surface area contributed by atoms with Crippen molar-refractivity contribution in [3.63, 3.8) is 0 Å². The van der Waals surface area contributed by atoms with Crippen LogP contribution in [0, 0.1) is 24.2 Å². The lowest BCUT2D eigenvalue weighted by molar-refractivity contribution is 0.0914. The van der Waals surface area contributed by atoms with Crippen molar-refractivity contribution in [3.05, 3.63) is 58.9 Å². The maximum absolute atomic E-state index is 12.8. The number of aromatic nitrogens is 1. The molecule has 1 aromatic carbocycles. The molecule has 3 N–H and O–H groups in total. The minimum Gasteiger partial charge on any atom is -0.349 e. The molecule has 1 amide bonds. The highest BCUT2D eigenvalue weighted by molar-refractivity contribution is 5.96. The highest BCUT2D eigenvalue weighted by atomic mass is 16.1. The van der Waals surface area contributed by atoms with Gasteiger partial charge in [-0.3, -0.25) is 10.2 Å². The fraction of sp³-hybridized carbons (Fsp3) is 0.429. The molecule has 0 bridgehead atoms. The van der Waals surface area contributed by atoms with Crippen LogP contribution in [-0.2, 0) is 7.05 Å². The number of nitrogens with zero attached hydrogens (tertiary/aromatic N) is 2. The molecule has 140 valence electrons. The van der Waals surface area contributed by atoms with Crippen LogP contribution in [0.3, 0.4) is 0 Å². The topological polar surface area (TPSA) is 81.9 Å². The third-order valence-electron chi connectivity index (χ3n) is 6.14. The van der Waals surface area contributed by atoms with Gasteiger partial charge >= 0.3 is 0 Å². The third-order valence-corrected chi connectivity index (χ3v) is 6.14. The second-order valence-electron chi connectivity index (χ2n) is 7.63. The maximum atomic E-state index is 12.8. The number of fused-ring (bicyclic) bond motifs is 1. The fourth-order valence-electron chi connectivity index (χ4n) is 4.48. The number of carbonyl (C=O) groups is 1. The molecular formula is C21H25N5O. The van der Waals surface area contributed by atoms with Gasteiger partial charge in [-0.25, -0.2) is 5.43 Å². The van der Waals surface area contributed by atoms with Crippen LogP contribution in [0.2, 0.25) is 0 Å². The Hall–Kier alpha value is -2.62. The molecule has 1 aliphatic carbocycles. The van der Waals surface area contributed by atoms with Gasteiger partial charge in [0.1, 0.15) is 11.8 Å². The Morgan fingerprint density at radius 2 is 2.04 bits per heavy atom. The standard InChI is InChI=1S/C21H25N5O/c1-13-17(11-16(12-22)26(13)2)21(27)23-15-8-9-19-18(10-15)20(25-24-19)14-6-4-3-5-7-14/h3-7,11,15,18-20,24-25H,8-10H2,1-2H3,(H,23,27). The summed E-state index contributed by atoms with van der Waals surface area (Å²) in [6.45, 7) is 1.88. The van der Waals surface area contributed by atoms with E-state index in [-0.39, 0.29) is 18.0 Å². The van der Waals surface area contributed by atoms with Crippen LogP contribution in [0.5, 0.6) is 0 Å². The van der Waals surface area contributed by atoms with Crippen molar-refractivity contribution >= 4 is 5.91 Å². The van der Waals surface area contributed by atoms with Gasteiger partial charge in [0.25, 0.3) is 5.91 Å². The lowest BCUT2D eigenvalue weighted by Crippen LogP contribution is -2.44. The molecule has 0 spiro atoms. The Labute approximate surface area is 159 Å². The molecule has 6 heteroatoms. The number of hydrogen-bond donors (Lipinski definition) is 3. The van der Waals surface area contributed by atoms with E-state index in [0.717, 1.165) is 25.0 Å². The first-order chi connectivity index (χ1) is 13.1. The molecule has 27 heavy (non-hydrogen) atoms. The van der Waals surface area contributed by atoms with E-state index in [1.165, 1.54) is 5.56 Å². The van der Waals surface area contributed by atoms with Crippen LogP contribution in [-0.4, -0.2) is 22.6 Å². The van der Waals surface area contributed by atoms with Crippen molar-refractivity contribution < 1.29 is 4.79 Å². The molecule has 2 heterocycles. The average Bonchev–Trinajstić information content (AvgIpc) is 3.23. The Bertz CT molecular complexity index is 882. The van der Waals surface area contributed by atoms with Crippen molar-refractivity contribution in [3.8, 4) is 6.07 Å². The summed E-state index contributed by atoms with van der Waals surface area (Å²) in [7, 11) is 1.82. The van der Waals surface area contributed by atoms with E-state index < -0.39 is 0 Å². The monoisotopic (exact) mass is 363 g/mol. The number of hydrogen-bond acceptors (Lipinski definition) is 4. The van der Waals surface area contributed by atoms with Gasteiger partial charge in [0.05, 0.1) is 11.6 Å². The zero-order valence-electron chi connectivity index (χ0n) is 15.7. The van der Waals surface area contributed by atoms with Crippen LogP contribution in [0.1, 0.15) is 52.6 Å². The van der Waals surface area contributed by atoms with Crippen LogP contribution in [0.25, 0.3) is 0 Å². The van der Waals surface area contributed by atoms with E-state index in [1.54, 1.807) is 10.6 Å². The first-order valence-corrected chi connectivity index (χ1v) is 9.51. The van der Waals surface area contributed by atoms with E-state index in [9.17, 15) is 10.1 Å². The van der Waals surface area contributed by atoms with E-state index in [4.69, 9.17) is 0 Å². The number of nitrogens with one attached hydrogen (secondary N) is 3. The van der Waals surface area contributed by atoms with Gasteiger partial charge in [0, 0.05) is 24.8 Å². The Kier molecular flexibility index (Phi) is 4.73. The molecule has 4 atom stereocenters. The number of nitriles is 1. The van der Waals surface area contributed by atoms with Crippen LogP contribution < -0.4 is 16.2 Å². The molecule has 1 aromatic heterocycles. The number of hydrazine groups is 1. The molecule has 1 saturated heterocycles. The summed E-state index contributed by atoms with van der Waals surface area (Å²) in [6.07, 6.45) is 2.93. The zero-order chi connectivity index (χ0) is 19.0. The van der Waals surface area contributed by atoms with Crippen molar-refractivity contribution in [2.24, 2.45) is 13.0 Å². The van der Waals surface area contributed by atoms with Gasteiger partial charge in [0.2, 0.25) is 0 Å². The van der Waals surface area contributed by atoms with Gasteiger partial charge < -0.3 is 9.88 Å². The molecule has 2 aromatic rings. The molecule has 0 radical (unpaired) electrons. The maximum Gasteiger partial charge on any atom is 0.253 e. The Balaban J connectivity index is 1.47. The highest BCUT2D eigenvalue weighted by Gasteiger charge is 2.41. The molecule has 6 nitrogen and oxygen atoms in total. The highest BCUT2D eigenvalue weighted by Crippen LogP contribution is 2.38. The smallest absolute Gasteiger partial charge is 0.253 e. The third kappa shape index (κ3) is 3.25. The summed E-state index contributed by atoms with van der Waals surface area (Å²) < 4.78 is 1.77. The van der Waals surface area contributed by atoms with Gasteiger partial charge in [-0.05, 0) is 43.7 Å². The molecule has 1 aliphatic heterocycles. The van der Waals surface area contributed by atoms with E-state index >= 15 is 0 Å². The lowest BCUT2D eigenvalue weighted by atomic mass is 9.77. The Morgan fingerprint density at radius 3 is 2.74 bits per heavy atom. The number of carbonyl (C=O) groups excluding carboxylic acids is 1. The first-order valence-electron chi connectivity index (χ1n) is 9.51. The van der Waals surface area contributed by atoms with Crippen molar-refractivity contribution in [1.82, 2.24) is 20.7 Å². The second-order valence-corrected chi connectivity index (χ2v) is 7.63. The summed E-state index contributed by atoms with van der Waals surface area (Å²) in [5.74, 6) is 0.362. The molecule has 4 rings (SSSR count). The van der Waals surface area contributed by atoms with Crippen LogP contribution in [0.15, 0.2) is 36.4 Å². The molecule has 2 fully saturated rings. The van der Waals surface area contributed by atoms with E-state index in [1.807, 2.05) is 20.0 Å². The van der Waals surface area contributed by atoms with E-state index in [0.29, 0.717) is 23.2 Å².